The number of H-pyrrole nitrogens is 1. The SMILES string of the molecule is CCOc1nc2[nH]c(=O)c(C3CCCC3)c(O)n2n1. The number of nitrogens with one attached hydrogen (secondary N) is 1. The number of aromatic amines is 1. The molecule has 7 heteroatoms. The lowest BCUT2D eigenvalue weighted by atomic mass is 10.0. The molecule has 0 unspecified atom stereocenters. The Bertz CT molecular complexity index is 655. The van der Waals surface area contributed by atoms with Crippen molar-refractivity contribution < 1.29 is 9.84 Å². The van der Waals surface area contributed by atoms with Crippen LogP contribution in [0.1, 0.15) is 44.1 Å². The molecule has 0 saturated heterocycles. The van der Waals surface area contributed by atoms with Crippen LogP contribution in [-0.4, -0.2) is 31.3 Å². The lowest BCUT2D eigenvalue weighted by Crippen LogP contribution is -2.18. The van der Waals surface area contributed by atoms with Gasteiger partial charge in [-0.15, -0.1) is 5.10 Å². The molecule has 0 bridgehead atoms. The third-order valence-corrected chi connectivity index (χ3v) is 3.54. The first kappa shape index (κ1) is 12.0. The molecule has 19 heavy (non-hydrogen) atoms. The molecule has 2 aromatic heterocycles. The van der Waals surface area contributed by atoms with Gasteiger partial charge in [0.2, 0.25) is 11.7 Å². The molecule has 102 valence electrons. The van der Waals surface area contributed by atoms with Crippen LogP contribution in [0.4, 0.5) is 0 Å². The van der Waals surface area contributed by atoms with E-state index in [1.54, 1.807) is 0 Å². The largest absolute Gasteiger partial charge is 0.493 e. The van der Waals surface area contributed by atoms with Gasteiger partial charge in [0.05, 0.1) is 12.2 Å². The number of nitrogens with zero attached hydrogens (tertiary/aromatic N) is 3. The van der Waals surface area contributed by atoms with Crippen molar-refractivity contribution in [3.8, 4) is 11.9 Å². The Kier molecular flexibility index (Phi) is 2.88. The fraction of sp³-hybridized carbons (Fsp3) is 0.583. The maximum Gasteiger partial charge on any atom is 0.337 e. The molecule has 0 aliphatic heterocycles. The number of fused-ring (bicyclic) bond motifs is 1. The van der Waals surface area contributed by atoms with E-state index in [4.69, 9.17) is 4.74 Å². The van der Waals surface area contributed by atoms with Crippen LogP contribution >= 0.6 is 0 Å². The van der Waals surface area contributed by atoms with Crippen LogP contribution in [0.3, 0.4) is 0 Å². The number of ether oxygens (including phenoxy) is 1. The van der Waals surface area contributed by atoms with E-state index in [9.17, 15) is 9.90 Å². The van der Waals surface area contributed by atoms with Crippen molar-refractivity contribution in [3.05, 3.63) is 15.9 Å². The smallest absolute Gasteiger partial charge is 0.337 e. The summed E-state index contributed by atoms with van der Waals surface area (Å²) in [5, 5.41) is 14.3. The predicted molar refractivity (Wildman–Crippen MR) is 67.7 cm³/mol. The summed E-state index contributed by atoms with van der Waals surface area (Å²) in [5.74, 6) is 0.185. The van der Waals surface area contributed by atoms with Gasteiger partial charge in [0.15, 0.2) is 0 Å². The van der Waals surface area contributed by atoms with Crippen LogP contribution in [0.2, 0.25) is 0 Å². The Morgan fingerprint density at radius 3 is 2.89 bits per heavy atom. The van der Waals surface area contributed by atoms with Crippen LogP contribution in [-0.2, 0) is 0 Å². The summed E-state index contributed by atoms with van der Waals surface area (Å²) in [4.78, 5) is 18.7. The summed E-state index contributed by atoms with van der Waals surface area (Å²) in [6.45, 7) is 2.25. The van der Waals surface area contributed by atoms with E-state index in [-0.39, 0.29) is 29.1 Å². The van der Waals surface area contributed by atoms with Crippen molar-refractivity contribution >= 4 is 5.78 Å². The molecule has 2 heterocycles. The highest BCUT2D eigenvalue weighted by atomic mass is 16.5. The van der Waals surface area contributed by atoms with Gasteiger partial charge in [-0.05, 0) is 25.7 Å². The van der Waals surface area contributed by atoms with Crippen molar-refractivity contribution in [2.24, 2.45) is 0 Å². The summed E-state index contributed by atoms with van der Waals surface area (Å²) in [6.07, 6.45) is 4.02. The van der Waals surface area contributed by atoms with E-state index in [0.717, 1.165) is 25.7 Å². The van der Waals surface area contributed by atoms with Gasteiger partial charge in [0.1, 0.15) is 0 Å². The predicted octanol–water partition coefficient (Wildman–Crippen LogP) is 1.18. The number of hydrogen-bond donors (Lipinski definition) is 2. The fourth-order valence-corrected chi connectivity index (χ4v) is 2.68. The number of aromatic hydroxyl groups is 1. The lowest BCUT2D eigenvalue weighted by molar-refractivity contribution is 0.311. The van der Waals surface area contributed by atoms with Gasteiger partial charge in [-0.25, -0.2) is 0 Å². The van der Waals surface area contributed by atoms with Crippen LogP contribution in [0.5, 0.6) is 11.9 Å². The summed E-state index contributed by atoms with van der Waals surface area (Å²) in [7, 11) is 0. The molecule has 7 nitrogen and oxygen atoms in total. The Morgan fingerprint density at radius 2 is 2.21 bits per heavy atom. The molecule has 0 amide bonds. The van der Waals surface area contributed by atoms with Crippen molar-refractivity contribution in [1.82, 2.24) is 19.6 Å². The van der Waals surface area contributed by atoms with Crippen LogP contribution in [0.25, 0.3) is 5.78 Å². The summed E-state index contributed by atoms with van der Waals surface area (Å²) < 4.78 is 6.41. The molecule has 2 N–H and O–H groups in total. The van der Waals surface area contributed by atoms with Crippen molar-refractivity contribution in [2.45, 2.75) is 38.5 Å². The van der Waals surface area contributed by atoms with E-state index in [0.29, 0.717) is 12.2 Å². The Hall–Kier alpha value is -2.05. The average Bonchev–Trinajstić information content (AvgIpc) is 2.99. The number of rotatable bonds is 3. The molecule has 0 atom stereocenters. The second-order valence-electron chi connectivity index (χ2n) is 4.74. The van der Waals surface area contributed by atoms with Crippen molar-refractivity contribution in [1.29, 1.82) is 0 Å². The molecule has 2 aromatic rings. The topological polar surface area (TPSA) is 92.5 Å². The minimum absolute atomic E-state index is 0.105. The fourth-order valence-electron chi connectivity index (χ4n) is 2.68. The van der Waals surface area contributed by atoms with Crippen LogP contribution in [0.15, 0.2) is 4.79 Å². The minimum Gasteiger partial charge on any atom is -0.493 e. The Balaban J connectivity index is 2.15. The van der Waals surface area contributed by atoms with Gasteiger partial charge in [-0.2, -0.15) is 9.50 Å². The monoisotopic (exact) mass is 264 g/mol. The van der Waals surface area contributed by atoms with Gasteiger partial charge >= 0.3 is 6.01 Å². The maximum atomic E-state index is 12.1. The first-order valence-corrected chi connectivity index (χ1v) is 6.55. The van der Waals surface area contributed by atoms with E-state index in [2.05, 4.69) is 15.1 Å². The number of hydrogen-bond acceptors (Lipinski definition) is 5. The van der Waals surface area contributed by atoms with Gasteiger partial charge in [-0.1, -0.05) is 12.8 Å². The van der Waals surface area contributed by atoms with Crippen molar-refractivity contribution in [2.75, 3.05) is 6.61 Å². The third-order valence-electron chi connectivity index (χ3n) is 3.54. The Morgan fingerprint density at radius 1 is 1.47 bits per heavy atom. The second kappa shape index (κ2) is 4.56. The normalized spacial score (nSPS) is 16.3. The molecular weight excluding hydrogens is 248 g/mol. The molecule has 1 aliphatic rings. The van der Waals surface area contributed by atoms with Gasteiger partial charge in [0.25, 0.3) is 5.56 Å². The van der Waals surface area contributed by atoms with E-state index in [1.807, 2.05) is 6.92 Å². The van der Waals surface area contributed by atoms with E-state index in [1.165, 1.54) is 4.52 Å². The summed E-state index contributed by atoms with van der Waals surface area (Å²) in [5.41, 5.74) is 0.130. The quantitative estimate of drug-likeness (QED) is 0.868. The number of aromatic nitrogens is 4. The van der Waals surface area contributed by atoms with Gasteiger partial charge in [0, 0.05) is 0 Å². The van der Waals surface area contributed by atoms with E-state index >= 15 is 0 Å². The molecule has 1 aliphatic carbocycles. The molecule has 3 rings (SSSR count). The zero-order valence-corrected chi connectivity index (χ0v) is 10.7. The third kappa shape index (κ3) is 1.94. The molecule has 1 fully saturated rings. The first-order chi connectivity index (χ1) is 9.20. The average molecular weight is 264 g/mol. The molecule has 0 radical (unpaired) electrons. The highest BCUT2D eigenvalue weighted by molar-refractivity contribution is 5.38. The maximum absolute atomic E-state index is 12.1. The zero-order valence-electron chi connectivity index (χ0n) is 10.7. The second-order valence-corrected chi connectivity index (χ2v) is 4.74. The van der Waals surface area contributed by atoms with Gasteiger partial charge < -0.3 is 9.84 Å². The first-order valence-electron chi connectivity index (χ1n) is 6.55. The standard InChI is InChI=1S/C12H16N4O3/c1-2-19-12-14-11-13-9(17)8(7-5-3-4-6-7)10(18)16(11)15-12/h7,18H,2-6H2,1H3,(H,13,14,15,17). The lowest BCUT2D eigenvalue weighted by Gasteiger charge is -2.10. The molecule has 1 saturated carbocycles. The summed E-state index contributed by atoms with van der Waals surface area (Å²) in [6, 6.07) is 0.150. The summed E-state index contributed by atoms with van der Waals surface area (Å²) >= 11 is 0. The molecule has 0 spiro atoms. The highest BCUT2D eigenvalue weighted by Crippen LogP contribution is 2.36. The van der Waals surface area contributed by atoms with Gasteiger partial charge in [-0.3, -0.25) is 9.78 Å². The van der Waals surface area contributed by atoms with Crippen molar-refractivity contribution in [3.63, 3.8) is 0 Å². The van der Waals surface area contributed by atoms with Crippen LogP contribution < -0.4 is 10.3 Å². The molecular formula is C12H16N4O3. The molecule has 0 aromatic carbocycles. The zero-order chi connectivity index (χ0) is 13.4. The Labute approximate surface area is 109 Å². The van der Waals surface area contributed by atoms with E-state index < -0.39 is 0 Å². The van der Waals surface area contributed by atoms with Crippen LogP contribution in [0, 0.1) is 0 Å². The minimum atomic E-state index is -0.285. The highest BCUT2D eigenvalue weighted by Gasteiger charge is 2.26.